The molecule has 0 aliphatic rings. The van der Waals surface area contributed by atoms with Crippen molar-refractivity contribution in [2.45, 2.75) is 13.8 Å². The molecule has 0 saturated carbocycles. The van der Waals surface area contributed by atoms with Crippen molar-refractivity contribution < 1.29 is 14.6 Å². The molecule has 0 aliphatic heterocycles. The van der Waals surface area contributed by atoms with Crippen LogP contribution in [0, 0.1) is 5.92 Å². The van der Waals surface area contributed by atoms with E-state index in [-0.39, 0.29) is 25.0 Å². The second-order valence-corrected chi connectivity index (χ2v) is 2.72. The number of esters is 1. The molecule has 0 radical (unpaired) electrons. The minimum Gasteiger partial charge on any atom is -0.465 e. The minimum atomic E-state index is -0.248. The quantitative estimate of drug-likeness (QED) is 0.547. The summed E-state index contributed by atoms with van der Waals surface area (Å²) < 4.78 is 4.69. The third-order valence-electron chi connectivity index (χ3n) is 1.38. The van der Waals surface area contributed by atoms with Crippen LogP contribution in [0.3, 0.4) is 0 Å². The molecule has 12 heavy (non-hydrogen) atoms. The topological polar surface area (TPSA) is 58.6 Å². The highest BCUT2D eigenvalue weighted by atomic mass is 16.5. The van der Waals surface area contributed by atoms with Crippen LogP contribution in [0.4, 0.5) is 0 Å². The SMILES string of the molecule is CCOC(=O)CNCC(C)CO. The first kappa shape index (κ1) is 11.4. The lowest BCUT2D eigenvalue weighted by Gasteiger charge is -2.08. The average Bonchev–Trinajstić information content (AvgIpc) is 2.04. The number of rotatable bonds is 6. The molecule has 0 amide bonds. The van der Waals surface area contributed by atoms with Gasteiger partial charge >= 0.3 is 5.97 Å². The Bertz CT molecular complexity index is 127. The number of aliphatic hydroxyl groups is 1. The molecule has 2 N–H and O–H groups in total. The van der Waals surface area contributed by atoms with Crippen LogP contribution in [0.2, 0.25) is 0 Å². The van der Waals surface area contributed by atoms with Gasteiger partial charge in [0.1, 0.15) is 0 Å². The standard InChI is InChI=1S/C8H17NO3/c1-3-12-8(11)5-9-4-7(2)6-10/h7,9-10H,3-6H2,1-2H3. The van der Waals surface area contributed by atoms with Crippen LogP contribution in [-0.4, -0.2) is 37.4 Å². The predicted molar refractivity (Wildman–Crippen MR) is 45.8 cm³/mol. The number of hydrogen-bond acceptors (Lipinski definition) is 4. The van der Waals surface area contributed by atoms with Crippen LogP contribution in [0.25, 0.3) is 0 Å². The largest absolute Gasteiger partial charge is 0.465 e. The number of ether oxygens (including phenoxy) is 1. The third-order valence-corrected chi connectivity index (χ3v) is 1.38. The molecule has 1 unspecified atom stereocenters. The minimum absolute atomic E-state index is 0.135. The Morgan fingerprint density at radius 3 is 2.83 bits per heavy atom. The molecule has 4 heteroatoms. The van der Waals surface area contributed by atoms with Crippen LogP contribution >= 0.6 is 0 Å². The van der Waals surface area contributed by atoms with Gasteiger partial charge in [-0.15, -0.1) is 0 Å². The molecule has 72 valence electrons. The first-order valence-electron chi connectivity index (χ1n) is 4.17. The zero-order valence-corrected chi connectivity index (χ0v) is 7.67. The second kappa shape index (κ2) is 7.06. The lowest BCUT2D eigenvalue weighted by atomic mass is 10.2. The van der Waals surface area contributed by atoms with Crippen molar-refractivity contribution in [3.05, 3.63) is 0 Å². The second-order valence-electron chi connectivity index (χ2n) is 2.72. The molecular weight excluding hydrogens is 158 g/mol. The van der Waals surface area contributed by atoms with E-state index < -0.39 is 0 Å². The summed E-state index contributed by atoms with van der Waals surface area (Å²) in [5.74, 6) is -0.0675. The van der Waals surface area contributed by atoms with Crippen LogP contribution in [0.5, 0.6) is 0 Å². The van der Waals surface area contributed by atoms with Gasteiger partial charge in [-0.1, -0.05) is 6.92 Å². The van der Waals surface area contributed by atoms with E-state index in [1.54, 1.807) is 6.92 Å². The molecular formula is C8H17NO3. The molecule has 0 aliphatic carbocycles. The molecule has 0 spiro atoms. The maximum atomic E-state index is 10.8. The van der Waals surface area contributed by atoms with Crippen LogP contribution in [-0.2, 0) is 9.53 Å². The Labute approximate surface area is 72.9 Å². The Morgan fingerprint density at radius 2 is 2.33 bits per heavy atom. The molecule has 0 rings (SSSR count). The van der Waals surface area contributed by atoms with E-state index in [4.69, 9.17) is 9.84 Å². The van der Waals surface area contributed by atoms with Crippen molar-refractivity contribution in [2.24, 2.45) is 5.92 Å². The third kappa shape index (κ3) is 6.12. The van der Waals surface area contributed by atoms with Gasteiger partial charge in [-0.05, 0) is 12.8 Å². The summed E-state index contributed by atoms with van der Waals surface area (Å²) in [6.07, 6.45) is 0. The zero-order chi connectivity index (χ0) is 9.40. The lowest BCUT2D eigenvalue weighted by Crippen LogP contribution is -2.29. The van der Waals surface area contributed by atoms with Crippen molar-refractivity contribution in [1.82, 2.24) is 5.32 Å². The number of nitrogens with one attached hydrogen (secondary N) is 1. The summed E-state index contributed by atoms with van der Waals surface area (Å²) >= 11 is 0. The molecule has 0 aromatic carbocycles. The van der Waals surface area contributed by atoms with Crippen molar-refractivity contribution in [3.8, 4) is 0 Å². The zero-order valence-electron chi connectivity index (χ0n) is 7.67. The maximum Gasteiger partial charge on any atom is 0.319 e. The Balaban J connectivity index is 3.24. The van der Waals surface area contributed by atoms with E-state index in [9.17, 15) is 4.79 Å². The number of hydrogen-bond donors (Lipinski definition) is 2. The van der Waals surface area contributed by atoms with Gasteiger partial charge in [-0.3, -0.25) is 4.79 Å². The summed E-state index contributed by atoms with van der Waals surface area (Å²) in [7, 11) is 0. The highest BCUT2D eigenvalue weighted by Crippen LogP contribution is 1.88. The summed E-state index contributed by atoms with van der Waals surface area (Å²) in [4.78, 5) is 10.8. The van der Waals surface area contributed by atoms with Gasteiger partial charge in [0, 0.05) is 13.2 Å². The average molecular weight is 175 g/mol. The van der Waals surface area contributed by atoms with Gasteiger partial charge in [0.2, 0.25) is 0 Å². The first-order chi connectivity index (χ1) is 5.70. The Hall–Kier alpha value is -0.610. The fourth-order valence-electron chi connectivity index (χ4n) is 0.697. The van der Waals surface area contributed by atoms with Gasteiger partial charge < -0.3 is 15.2 Å². The van der Waals surface area contributed by atoms with E-state index in [1.807, 2.05) is 6.92 Å². The maximum absolute atomic E-state index is 10.8. The van der Waals surface area contributed by atoms with Crippen molar-refractivity contribution in [3.63, 3.8) is 0 Å². The van der Waals surface area contributed by atoms with E-state index in [2.05, 4.69) is 5.32 Å². The highest BCUT2D eigenvalue weighted by molar-refractivity contribution is 5.71. The summed E-state index contributed by atoms with van der Waals surface area (Å²) in [5.41, 5.74) is 0. The summed E-state index contributed by atoms with van der Waals surface area (Å²) in [5, 5.41) is 11.5. The van der Waals surface area contributed by atoms with Gasteiger partial charge in [0.05, 0.1) is 13.2 Å². The fraction of sp³-hybridized carbons (Fsp3) is 0.875. The van der Waals surface area contributed by atoms with Gasteiger partial charge in [-0.2, -0.15) is 0 Å². The van der Waals surface area contributed by atoms with E-state index >= 15 is 0 Å². The van der Waals surface area contributed by atoms with Gasteiger partial charge in [0.25, 0.3) is 0 Å². The lowest BCUT2D eigenvalue weighted by molar-refractivity contribution is -0.142. The number of carbonyl (C=O) groups is 1. The molecule has 1 atom stereocenters. The molecule has 0 aromatic rings. The van der Waals surface area contributed by atoms with Crippen LogP contribution < -0.4 is 5.32 Å². The molecule has 0 heterocycles. The van der Waals surface area contributed by atoms with Crippen LogP contribution in [0.1, 0.15) is 13.8 Å². The summed E-state index contributed by atoms with van der Waals surface area (Å²) in [6, 6.07) is 0. The fourth-order valence-corrected chi connectivity index (χ4v) is 0.697. The molecule has 4 nitrogen and oxygen atoms in total. The molecule has 0 saturated heterocycles. The van der Waals surface area contributed by atoms with Gasteiger partial charge in [0.15, 0.2) is 0 Å². The van der Waals surface area contributed by atoms with Crippen LogP contribution in [0.15, 0.2) is 0 Å². The first-order valence-corrected chi connectivity index (χ1v) is 4.17. The Morgan fingerprint density at radius 1 is 1.67 bits per heavy atom. The Kier molecular flexibility index (Phi) is 6.70. The van der Waals surface area contributed by atoms with Crippen molar-refractivity contribution in [2.75, 3.05) is 26.3 Å². The predicted octanol–water partition coefficient (Wildman–Crippen LogP) is -0.233. The normalized spacial score (nSPS) is 12.6. The number of aliphatic hydroxyl groups excluding tert-OH is 1. The van der Waals surface area contributed by atoms with Crippen molar-refractivity contribution >= 4 is 5.97 Å². The summed E-state index contributed by atoms with van der Waals surface area (Å²) in [6.45, 7) is 5.08. The van der Waals surface area contributed by atoms with Crippen molar-refractivity contribution in [1.29, 1.82) is 0 Å². The van der Waals surface area contributed by atoms with E-state index in [1.165, 1.54) is 0 Å². The van der Waals surface area contributed by atoms with Gasteiger partial charge in [-0.25, -0.2) is 0 Å². The highest BCUT2D eigenvalue weighted by Gasteiger charge is 2.02. The molecule has 0 aromatic heterocycles. The van der Waals surface area contributed by atoms with E-state index in [0.29, 0.717) is 13.2 Å². The monoisotopic (exact) mass is 175 g/mol. The molecule has 0 bridgehead atoms. The smallest absolute Gasteiger partial charge is 0.319 e. The van der Waals surface area contributed by atoms with E-state index in [0.717, 1.165) is 0 Å². The molecule has 0 fully saturated rings. The number of carbonyl (C=O) groups excluding carboxylic acids is 1.